The number of aromatic nitrogens is 1. The molecule has 0 amide bonds. The lowest BCUT2D eigenvalue weighted by Gasteiger charge is -2.25. The molecule has 4 heteroatoms. The van der Waals surface area contributed by atoms with Crippen LogP contribution in [0.5, 0.6) is 0 Å². The van der Waals surface area contributed by atoms with Crippen LogP contribution in [-0.4, -0.2) is 18.1 Å². The summed E-state index contributed by atoms with van der Waals surface area (Å²) in [6.45, 7) is 4.21. The van der Waals surface area contributed by atoms with Crippen LogP contribution in [0, 0.1) is 16.8 Å². The van der Waals surface area contributed by atoms with Gasteiger partial charge in [0.2, 0.25) is 0 Å². The number of unbranched alkanes of at least 4 members (excludes halogenated alkanes) is 4. The Kier molecular flexibility index (Phi) is 7.62. The molecule has 0 saturated heterocycles. The van der Waals surface area contributed by atoms with Gasteiger partial charge in [-0.15, -0.1) is 11.3 Å². The molecule has 1 heterocycles. The maximum atomic E-state index is 9.12. The van der Waals surface area contributed by atoms with Crippen LogP contribution in [0.2, 0.25) is 0 Å². The van der Waals surface area contributed by atoms with E-state index < -0.39 is 0 Å². The molecule has 23 heavy (non-hydrogen) atoms. The van der Waals surface area contributed by atoms with Crippen molar-refractivity contribution < 1.29 is 0 Å². The van der Waals surface area contributed by atoms with E-state index in [1.54, 1.807) is 0 Å². The van der Waals surface area contributed by atoms with Gasteiger partial charge in [0.05, 0.1) is 17.3 Å². The highest BCUT2D eigenvalue weighted by Crippen LogP contribution is 2.18. The Bertz CT molecular complexity index is 601. The number of nitriles is 1. The summed E-state index contributed by atoms with van der Waals surface area (Å²) in [7, 11) is 0. The summed E-state index contributed by atoms with van der Waals surface area (Å²) in [4.78, 5) is 6.63. The van der Waals surface area contributed by atoms with Gasteiger partial charge in [-0.1, -0.05) is 38.7 Å². The second-order valence-corrected chi connectivity index (χ2v) is 6.40. The van der Waals surface area contributed by atoms with Crippen molar-refractivity contribution in [2.45, 2.75) is 45.4 Å². The Balaban J connectivity index is 1.96. The molecular weight excluding hydrogens is 302 g/mol. The minimum Gasteiger partial charge on any atom is -0.371 e. The molecule has 0 spiro atoms. The Morgan fingerprint density at radius 2 is 2.09 bits per heavy atom. The molecule has 0 aliphatic heterocycles. The van der Waals surface area contributed by atoms with Gasteiger partial charge >= 0.3 is 0 Å². The Hall–Kier alpha value is -1.86. The molecule has 1 aromatic carbocycles. The van der Waals surface area contributed by atoms with Gasteiger partial charge in [0, 0.05) is 30.6 Å². The zero-order valence-electron chi connectivity index (χ0n) is 13.8. The van der Waals surface area contributed by atoms with Crippen LogP contribution in [0.15, 0.2) is 29.6 Å². The number of anilines is 1. The number of benzene rings is 1. The first-order valence-corrected chi connectivity index (χ1v) is 9.27. The topological polar surface area (TPSA) is 39.9 Å². The molecule has 0 aliphatic rings. The third kappa shape index (κ3) is 6.03. The number of hydrogen-bond donors (Lipinski definition) is 0. The van der Waals surface area contributed by atoms with E-state index in [2.05, 4.69) is 39.8 Å². The van der Waals surface area contributed by atoms with Gasteiger partial charge in [0.25, 0.3) is 0 Å². The van der Waals surface area contributed by atoms with Crippen LogP contribution >= 0.6 is 11.3 Å². The van der Waals surface area contributed by atoms with E-state index in [1.807, 2.05) is 18.2 Å². The molecule has 1 aromatic heterocycles. The maximum Gasteiger partial charge on any atom is 0.152 e. The average Bonchev–Trinajstić information content (AvgIpc) is 3.11. The fourth-order valence-electron chi connectivity index (χ4n) is 2.62. The van der Waals surface area contributed by atoms with Crippen LogP contribution in [-0.2, 0) is 6.42 Å². The molecule has 3 nitrogen and oxygen atoms in total. The monoisotopic (exact) mass is 326 g/mol. The molecule has 0 aliphatic carbocycles. The van der Waals surface area contributed by atoms with Crippen molar-refractivity contribution in [3.05, 3.63) is 46.4 Å². The van der Waals surface area contributed by atoms with Crippen molar-refractivity contribution in [2.75, 3.05) is 18.0 Å². The SMILES string of the molecule is CCCCCCCN(CCc1cs[c]n1)c1cccc(C#N)c1. The lowest BCUT2D eigenvalue weighted by atomic mass is 10.1. The van der Waals surface area contributed by atoms with Crippen molar-refractivity contribution in [1.82, 2.24) is 4.98 Å². The van der Waals surface area contributed by atoms with Gasteiger partial charge in [-0.05, 0) is 24.6 Å². The predicted octanol–water partition coefficient (Wildman–Crippen LogP) is 4.83. The number of thiazole rings is 1. The average molecular weight is 326 g/mol. The first kappa shape index (κ1) is 17.5. The van der Waals surface area contributed by atoms with Gasteiger partial charge in [0.1, 0.15) is 0 Å². The first-order chi connectivity index (χ1) is 11.3. The van der Waals surface area contributed by atoms with Crippen LogP contribution in [0.1, 0.15) is 50.3 Å². The molecule has 2 aromatic rings. The summed E-state index contributed by atoms with van der Waals surface area (Å²) in [5.41, 5.74) is 5.87. The third-order valence-electron chi connectivity index (χ3n) is 3.95. The van der Waals surface area contributed by atoms with Crippen molar-refractivity contribution in [2.24, 2.45) is 0 Å². The summed E-state index contributed by atoms with van der Waals surface area (Å²) < 4.78 is 0. The van der Waals surface area contributed by atoms with E-state index in [0.717, 1.165) is 36.5 Å². The van der Waals surface area contributed by atoms with E-state index >= 15 is 0 Å². The summed E-state index contributed by atoms with van der Waals surface area (Å²) in [6, 6.07) is 10.1. The molecule has 0 N–H and O–H groups in total. The summed E-state index contributed by atoms with van der Waals surface area (Å²) in [5, 5.41) is 11.2. The molecular formula is C19H24N3S. The fraction of sp³-hybridized carbons (Fsp3) is 0.474. The Morgan fingerprint density at radius 1 is 1.22 bits per heavy atom. The minimum atomic E-state index is 0.723. The highest BCUT2D eigenvalue weighted by molar-refractivity contribution is 7.07. The quantitative estimate of drug-likeness (QED) is 0.587. The second-order valence-electron chi connectivity index (χ2n) is 5.74. The minimum absolute atomic E-state index is 0.723. The van der Waals surface area contributed by atoms with E-state index in [9.17, 15) is 0 Å². The van der Waals surface area contributed by atoms with Gasteiger partial charge in [-0.3, -0.25) is 0 Å². The largest absolute Gasteiger partial charge is 0.371 e. The zero-order chi connectivity index (χ0) is 16.3. The molecule has 0 saturated carbocycles. The van der Waals surface area contributed by atoms with Gasteiger partial charge in [0.15, 0.2) is 5.51 Å². The fourth-order valence-corrected chi connectivity index (χ4v) is 3.15. The standard InChI is InChI=1S/C19H24N3S/c1-2-3-4-5-6-11-22(12-10-18-15-23-16-21-18)19-9-7-8-17(13-19)14-20/h7-9,13,15H,2-6,10-12H2,1H3. The maximum absolute atomic E-state index is 9.12. The van der Waals surface area contributed by atoms with E-state index in [-0.39, 0.29) is 0 Å². The van der Waals surface area contributed by atoms with Crippen molar-refractivity contribution in [3.63, 3.8) is 0 Å². The van der Waals surface area contributed by atoms with Crippen molar-refractivity contribution in [1.29, 1.82) is 5.26 Å². The highest BCUT2D eigenvalue weighted by atomic mass is 32.1. The second kappa shape index (κ2) is 10.0. The number of rotatable bonds is 10. The molecule has 0 unspecified atom stereocenters. The lowest BCUT2D eigenvalue weighted by Crippen LogP contribution is -2.27. The van der Waals surface area contributed by atoms with E-state index in [4.69, 9.17) is 5.26 Å². The van der Waals surface area contributed by atoms with Crippen molar-refractivity contribution in [3.8, 4) is 6.07 Å². The smallest absolute Gasteiger partial charge is 0.152 e. The lowest BCUT2D eigenvalue weighted by molar-refractivity contribution is 0.616. The summed E-state index contributed by atoms with van der Waals surface area (Å²) >= 11 is 1.52. The third-order valence-corrected chi connectivity index (χ3v) is 4.53. The van der Waals surface area contributed by atoms with Crippen LogP contribution in [0.4, 0.5) is 5.69 Å². The Labute approximate surface area is 143 Å². The molecule has 0 bridgehead atoms. The summed E-state index contributed by atoms with van der Waals surface area (Å²) in [5.74, 6) is 0. The number of nitrogens with zero attached hydrogens (tertiary/aromatic N) is 3. The first-order valence-electron chi connectivity index (χ1n) is 8.39. The molecule has 2 rings (SSSR count). The van der Waals surface area contributed by atoms with Crippen LogP contribution in [0.25, 0.3) is 0 Å². The van der Waals surface area contributed by atoms with E-state index in [1.165, 1.54) is 43.4 Å². The van der Waals surface area contributed by atoms with Crippen LogP contribution in [0.3, 0.4) is 0 Å². The van der Waals surface area contributed by atoms with Crippen molar-refractivity contribution >= 4 is 17.0 Å². The van der Waals surface area contributed by atoms with Gasteiger partial charge in [-0.25, -0.2) is 4.98 Å². The molecule has 1 radical (unpaired) electrons. The highest BCUT2D eigenvalue weighted by Gasteiger charge is 2.08. The van der Waals surface area contributed by atoms with Gasteiger partial charge in [-0.2, -0.15) is 5.26 Å². The number of hydrogen-bond acceptors (Lipinski definition) is 4. The molecule has 0 atom stereocenters. The summed E-state index contributed by atoms with van der Waals surface area (Å²) in [6.07, 6.45) is 7.29. The molecule has 0 fully saturated rings. The zero-order valence-corrected chi connectivity index (χ0v) is 14.6. The van der Waals surface area contributed by atoms with E-state index in [0.29, 0.717) is 0 Å². The molecule has 121 valence electrons. The van der Waals surface area contributed by atoms with Gasteiger partial charge < -0.3 is 4.90 Å². The normalized spacial score (nSPS) is 10.4. The predicted molar refractivity (Wildman–Crippen MR) is 96.8 cm³/mol. The Morgan fingerprint density at radius 3 is 2.83 bits per heavy atom. The van der Waals surface area contributed by atoms with Crippen LogP contribution < -0.4 is 4.90 Å².